The summed E-state index contributed by atoms with van der Waals surface area (Å²) < 4.78 is 81.0. The third-order valence-corrected chi connectivity index (χ3v) is 2.93. The van der Waals surface area contributed by atoms with E-state index in [-0.39, 0.29) is 11.3 Å². The Morgan fingerprint density at radius 2 is 1.33 bits per heavy atom. The average molecular weight is 310 g/mol. The van der Waals surface area contributed by atoms with Crippen LogP contribution < -0.4 is 0 Å². The van der Waals surface area contributed by atoms with E-state index in [1.165, 1.54) is 18.4 Å². The van der Waals surface area contributed by atoms with E-state index < -0.39 is 23.5 Å². The van der Waals surface area contributed by atoms with Crippen molar-refractivity contribution in [2.45, 2.75) is 18.0 Å². The number of alkyl halides is 6. The molecule has 1 heterocycles. The maximum Gasteiger partial charge on any atom is 0.430 e. The lowest BCUT2D eigenvalue weighted by Gasteiger charge is -2.32. The Morgan fingerprint density at radius 1 is 0.810 bits per heavy atom. The van der Waals surface area contributed by atoms with Crippen LogP contribution in [-0.2, 0) is 5.60 Å². The molecule has 2 rings (SSSR count). The maximum atomic E-state index is 12.7. The smallest absolute Gasteiger partial charge is 0.430 e. The summed E-state index contributed by atoms with van der Waals surface area (Å²) in [6.45, 7) is 0. The van der Waals surface area contributed by atoms with Gasteiger partial charge in [-0.3, -0.25) is 0 Å². The van der Waals surface area contributed by atoms with Crippen molar-refractivity contribution in [3.8, 4) is 11.3 Å². The summed E-state index contributed by atoms with van der Waals surface area (Å²) in [5.74, 6) is 0.282. The Labute approximate surface area is 114 Å². The molecule has 8 heteroatoms. The molecule has 0 saturated carbocycles. The molecule has 2 nitrogen and oxygen atoms in total. The van der Waals surface area contributed by atoms with Crippen molar-refractivity contribution in [2.75, 3.05) is 0 Å². The summed E-state index contributed by atoms with van der Waals surface area (Å²) in [5, 5.41) is 9.20. The number of aliphatic hydroxyl groups is 1. The van der Waals surface area contributed by atoms with Crippen molar-refractivity contribution < 1.29 is 35.9 Å². The average Bonchev–Trinajstić information content (AvgIpc) is 2.89. The van der Waals surface area contributed by atoms with Gasteiger partial charge in [-0.15, -0.1) is 0 Å². The summed E-state index contributed by atoms with van der Waals surface area (Å²) in [7, 11) is 0. The van der Waals surface area contributed by atoms with Crippen LogP contribution in [0.4, 0.5) is 26.3 Å². The summed E-state index contributed by atoms with van der Waals surface area (Å²) in [6.07, 6.45) is -10.5. The first kappa shape index (κ1) is 15.4. The zero-order valence-electron chi connectivity index (χ0n) is 10.2. The second-order valence-electron chi connectivity index (χ2n) is 4.26. The third-order valence-electron chi connectivity index (χ3n) is 2.93. The minimum absolute atomic E-state index is 0.282. The summed E-state index contributed by atoms with van der Waals surface area (Å²) >= 11 is 0. The van der Waals surface area contributed by atoms with Crippen LogP contribution in [-0.4, -0.2) is 17.5 Å². The molecule has 0 radical (unpaired) electrons. The van der Waals surface area contributed by atoms with Crippen molar-refractivity contribution in [3.63, 3.8) is 0 Å². The first-order chi connectivity index (χ1) is 9.57. The molecule has 2 aromatic rings. The first-order valence-corrected chi connectivity index (χ1v) is 5.57. The summed E-state index contributed by atoms with van der Waals surface area (Å²) in [4.78, 5) is 0. The van der Waals surface area contributed by atoms with E-state index in [1.54, 1.807) is 0 Å². The normalized spacial score (nSPS) is 13.5. The van der Waals surface area contributed by atoms with Crippen molar-refractivity contribution in [3.05, 3.63) is 48.2 Å². The van der Waals surface area contributed by atoms with Crippen LogP contribution in [0.5, 0.6) is 0 Å². The largest absolute Gasteiger partial charge is 0.464 e. The molecule has 0 saturated heterocycles. The van der Waals surface area contributed by atoms with Crippen molar-refractivity contribution >= 4 is 0 Å². The molecule has 0 aliphatic rings. The zero-order valence-corrected chi connectivity index (χ0v) is 10.2. The number of hydrogen-bond donors (Lipinski definition) is 1. The van der Waals surface area contributed by atoms with Gasteiger partial charge in [0.25, 0.3) is 5.60 Å². The van der Waals surface area contributed by atoms with Crippen LogP contribution in [0, 0.1) is 0 Å². The van der Waals surface area contributed by atoms with E-state index in [0.29, 0.717) is 12.1 Å². The summed E-state index contributed by atoms with van der Waals surface area (Å²) in [6, 6.07) is 6.17. The molecule has 0 bridgehead atoms. The van der Waals surface area contributed by atoms with Crippen LogP contribution in [0.2, 0.25) is 0 Å². The van der Waals surface area contributed by atoms with Gasteiger partial charge in [0.15, 0.2) is 0 Å². The highest BCUT2D eigenvalue weighted by Crippen LogP contribution is 2.50. The molecule has 0 atom stereocenters. The topological polar surface area (TPSA) is 33.4 Å². The third kappa shape index (κ3) is 2.51. The van der Waals surface area contributed by atoms with Gasteiger partial charge in [0.1, 0.15) is 5.76 Å². The quantitative estimate of drug-likeness (QED) is 0.841. The second kappa shape index (κ2) is 4.80. The van der Waals surface area contributed by atoms with Crippen molar-refractivity contribution in [1.82, 2.24) is 0 Å². The number of rotatable bonds is 2. The Morgan fingerprint density at radius 3 is 1.71 bits per heavy atom. The molecule has 0 spiro atoms. The number of hydrogen-bond acceptors (Lipinski definition) is 2. The van der Waals surface area contributed by atoms with Gasteiger partial charge in [-0.1, -0.05) is 24.3 Å². The highest BCUT2D eigenvalue weighted by atomic mass is 19.4. The molecule has 0 aliphatic carbocycles. The van der Waals surface area contributed by atoms with Gasteiger partial charge in [-0.25, -0.2) is 0 Å². The van der Waals surface area contributed by atoms with E-state index >= 15 is 0 Å². The van der Waals surface area contributed by atoms with Crippen LogP contribution in [0.15, 0.2) is 47.1 Å². The standard InChI is InChI=1S/C13H8F6O2/c14-12(15,16)11(20,13(17,18)19)9-5-3-8(4-6-9)10-2-1-7-21-10/h1-7,20H. The zero-order chi connectivity index (χ0) is 15.9. The molecule has 114 valence electrons. The predicted molar refractivity (Wildman–Crippen MR) is 60.2 cm³/mol. The van der Waals surface area contributed by atoms with Crippen LogP contribution in [0.3, 0.4) is 0 Å². The molecule has 21 heavy (non-hydrogen) atoms. The highest BCUT2D eigenvalue weighted by Gasteiger charge is 2.71. The molecular formula is C13H8F6O2. The Bertz CT molecular complexity index is 581. The Hall–Kier alpha value is -1.96. The van der Waals surface area contributed by atoms with Crippen LogP contribution in [0.25, 0.3) is 11.3 Å². The molecule has 1 aromatic carbocycles. The van der Waals surface area contributed by atoms with Gasteiger partial charge in [0.2, 0.25) is 0 Å². The van der Waals surface area contributed by atoms with E-state index in [4.69, 9.17) is 4.42 Å². The van der Waals surface area contributed by atoms with E-state index in [1.807, 2.05) is 0 Å². The monoisotopic (exact) mass is 310 g/mol. The van der Waals surface area contributed by atoms with Gasteiger partial charge in [-0.05, 0) is 12.1 Å². The molecular weight excluding hydrogens is 302 g/mol. The Kier molecular flexibility index (Phi) is 3.53. The van der Waals surface area contributed by atoms with Crippen LogP contribution >= 0.6 is 0 Å². The van der Waals surface area contributed by atoms with Gasteiger partial charge < -0.3 is 9.52 Å². The molecule has 0 fully saturated rings. The molecule has 0 unspecified atom stereocenters. The van der Waals surface area contributed by atoms with Crippen LogP contribution in [0.1, 0.15) is 5.56 Å². The second-order valence-corrected chi connectivity index (χ2v) is 4.26. The number of halogens is 6. The van der Waals surface area contributed by atoms with E-state index in [9.17, 15) is 31.4 Å². The maximum absolute atomic E-state index is 12.7. The predicted octanol–water partition coefficient (Wildman–Crippen LogP) is 4.26. The van der Waals surface area contributed by atoms with Gasteiger partial charge >= 0.3 is 12.4 Å². The number of benzene rings is 1. The lowest BCUT2D eigenvalue weighted by Crippen LogP contribution is -2.53. The lowest BCUT2D eigenvalue weighted by atomic mass is 9.91. The molecule has 0 aliphatic heterocycles. The molecule has 0 amide bonds. The van der Waals surface area contributed by atoms with Crippen molar-refractivity contribution in [2.24, 2.45) is 0 Å². The summed E-state index contributed by atoms with van der Waals surface area (Å²) in [5.41, 5.74) is -5.94. The SMILES string of the molecule is OC(c1ccc(-c2ccco2)cc1)(C(F)(F)F)C(F)(F)F. The van der Waals surface area contributed by atoms with E-state index in [2.05, 4.69) is 0 Å². The van der Waals surface area contributed by atoms with Gasteiger partial charge in [-0.2, -0.15) is 26.3 Å². The Balaban J connectivity index is 2.48. The minimum Gasteiger partial charge on any atom is -0.464 e. The van der Waals surface area contributed by atoms with Crippen molar-refractivity contribution in [1.29, 1.82) is 0 Å². The first-order valence-electron chi connectivity index (χ1n) is 5.57. The lowest BCUT2D eigenvalue weighted by molar-refractivity contribution is -0.376. The molecule has 1 aromatic heterocycles. The number of furan rings is 1. The van der Waals surface area contributed by atoms with E-state index in [0.717, 1.165) is 12.1 Å². The van der Waals surface area contributed by atoms with Gasteiger partial charge in [0.05, 0.1) is 6.26 Å². The van der Waals surface area contributed by atoms with Gasteiger partial charge in [0, 0.05) is 11.1 Å². The highest BCUT2D eigenvalue weighted by molar-refractivity contribution is 5.57. The fourth-order valence-corrected chi connectivity index (χ4v) is 1.81. The minimum atomic E-state index is -5.89. The fraction of sp³-hybridized carbons (Fsp3) is 0.231. The molecule has 1 N–H and O–H groups in total. The fourth-order valence-electron chi connectivity index (χ4n) is 1.81.